The Kier molecular flexibility index (Phi) is 8.00. The highest BCUT2D eigenvalue weighted by molar-refractivity contribution is 4.47. The summed E-state index contributed by atoms with van der Waals surface area (Å²) in [6.07, 6.45) is 2.03. The summed E-state index contributed by atoms with van der Waals surface area (Å²) in [5, 5.41) is 3.30. The molecule has 14 heavy (non-hydrogen) atoms. The van der Waals surface area contributed by atoms with Crippen molar-refractivity contribution in [3.8, 4) is 0 Å². The maximum Gasteiger partial charge on any atom is 0.0700 e. The maximum atomic E-state index is 5.40. The molecule has 0 aromatic rings. The summed E-state index contributed by atoms with van der Waals surface area (Å²) < 4.78 is 16.1. The van der Waals surface area contributed by atoms with Crippen LogP contribution in [0.2, 0.25) is 0 Å². The first-order chi connectivity index (χ1) is 7.00. The summed E-state index contributed by atoms with van der Waals surface area (Å²) in [5.41, 5.74) is 0. The molecule has 1 aliphatic rings. The lowest BCUT2D eigenvalue weighted by Gasteiger charge is -2.09. The van der Waals surface area contributed by atoms with Gasteiger partial charge in [-0.1, -0.05) is 0 Å². The molecule has 0 radical (unpaired) electrons. The van der Waals surface area contributed by atoms with Crippen molar-refractivity contribution >= 4 is 0 Å². The molecule has 0 unspecified atom stereocenters. The van der Waals surface area contributed by atoms with Gasteiger partial charge in [-0.3, -0.25) is 0 Å². The van der Waals surface area contributed by atoms with Gasteiger partial charge in [0.2, 0.25) is 0 Å². The first-order valence-corrected chi connectivity index (χ1v) is 5.44. The molecule has 1 fully saturated rings. The second-order valence-electron chi connectivity index (χ2n) is 3.29. The van der Waals surface area contributed by atoms with Crippen LogP contribution in [0.15, 0.2) is 0 Å². The fourth-order valence-electron chi connectivity index (χ4n) is 1.26. The van der Waals surface area contributed by atoms with Gasteiger partial charge < -0.3 is 19.5 Å². The summed E-state index contributed by atoms with van der Waals surface area (Å²) in [6, 6.07) is 0. The van der Waals surface area contributed by atoms with Crippen LogP contribution >= 0.6 is 0 Å². The Morgan fingerprint density at radius 2 is 1.21 bits per heavy atom. The summed E-state index contributed by atoms with van der Waals surface area (Å²) in [6.45, 7) is 6.52. The summed E-state index contributed by atoms with van der Waals surface area (Å²) >= 11 is 0. The van der Waals surface area contributed by atoms with Gasteiger partial charge in [-0.2, -0.15) is 0 Å². The molecular formula is C10H21NO3. The number of nitrogens with one attached hydrogen (secondary N) is 1. The standard InChI is InChI=1S/C10H21NO3/c1-3-11-4-8-12-6-2-7-14-10-9-13-5-1/h11H,1-10H2. The highest BCUT2D eigenvalue weighted by Crippen LogP contribution is 1.88. The van der Waals surface area contributed by atoms with Gasteiger partial charge in [0.05, 0.1) is 19.8 Å². The molecule has 0 spiro atoms. The van der Waals surface area contributed by atoms with Crippen molar-refractivity contribution in [2.75, 3.05) is 52.7 Å². The Labute approximate surface area is 85.9 Å². The first-order valence-electron chi connectivity index (χ1n) is 5.44. The number of hydrogen-bond donors (Lipinski definition) is 1. The molecule has 84 valence electrons. The van der Waals surface area contributed by atoms with Gasteiger partial charge in [0.15, 0.2) is 0 Å². The van der Waals surface area contributed by atoms with Crippen LogP contribution in [0, 0.1) is 0 Å². The lowest BCUT2D eigenvalue weighted by molar-refractivity contribution is 0.0328. The van der Waals surface area contributed by atoms with Crippen LogP contribution in [0.1, 0.15) is 12.8 Å². The molecule has 1 rings (SSSR count). The van der Waals surface area contributed by atoms with Crippen LogP contribution < -0.4 is 5.32 Å². The van der Waals surface area contributed by atoms with E-state index in [1.807, 2.05) is 0 Å². The van der Waals surface area contributed by atoms with E-state index in [9.17, 15) is 0 Å². The zero-order valence-electron chi connectivity index (χ0n) is 8.80. The van der Waals surface area contributed by atoms with Crippen LogP contribution in [-0.2, 0) is 14.2 Å². The molecular weight excluding hydrogens is 182 g/mol. The van der Waals surface area contributed by atoms with E-state index in [0.29, 0.717) is 13.2 Å². The molecule has 0 bridgehead atoms. The fraction of sp³-hybridized carbons (Fsp3) is 1.00. The molecule has 4 nitrogen and oxygen atoms in total. The van der Waals surface area contributed by atoms with Crippen molar-refractivity contribution in [3.05, 3.63) is 0 Å². The SMILES string of the molecule is C1CNCCOCCCOCCOC1. The smallest absolute Gasteiger partial charge is 0.0700 e. The Balaban J connectivity index is 2.00. The van der Waals surface area contributed by atoms with E-state index >= 15 is 0 Å². The van der Waals surface area contributed by atoms with Crippen LogP contribution in [0.25, 0.3) is 0 Å². The van der Waals surface area contributed by atoms with E-state index in [1.165, 1.54) is 0 Å². The number of ether oxygens (including phenoxy) is 3. The van der Waals surface area contributed by atoms with Crippen LogP contribution in [-0.4, -0.2) is 52.7 Å². The summed E-state index contributed by atoms with van der Waals surface area (Å²) in [4.78, 5) is 0. The van der Waals surface area contributed by atoms with Crippen molar-refractivity contribution < 1.29 is 14.2 Å². The second kappa shape index (κ2) is 9.40. The molecule has 1 heterocycles. The van der Waals surface area contributed by atoms with Gasteiger partial charge in [-0.25, -0.2) is 0 Å². The molecule has 0 amide bonds. The Hall–Kier alpha value is -0.160. The van der Waals surface area contributed by atoms with Gasteiger partial charge >= 0.3 is 0 Å². The molecule has 0 aromatic heterocycles. The Bertz CT molecular complexity index is 68.6. The van der Waals surface area contributed by atoms with Gasteiger partial charge in [0.1, 0.15) is 0 Å². The lowest BCUT2D eigenvalue weighted by atomic mass is 10.4. The van der Waals surface area contributed by atoms with Crippen molar-refractivity contribution in [2.24, 2.45) is 0 Å². The van der Waals surface area contributed by atoms with Crippen molar-refractivity contribution in [1.29, 1.82) is 0 Å². The van der Waals surface area contributed by atoms with E-state index in [0.717, 1.165) is 52.4 Å². The van der Waals surface area contributed by atoms with E-state index in [4.69, 9.17) is 14.2 Å². The van der Waals surface area contributed by atoms with E-state index < -0.39 is 0 Å². The minimum absolute atomic E-state index is 0.702. The minimum atomic E-state index is 0.702. The summed E-state index contributed by atoms with van der Waals surface area (Å²) in [5.74, 6) is 0. The third-order valence-electron chi connectivity index (χ3n) is 2.01. The average molecular weight is 203 g/mol. The summed E-state index contributed by atoms with van der Waals surface area (Å²) in [7, 11) is 0. The monoisotopic (exact) mass is 203 g/mol. The topological polar surface area (TPSA) is 39.7 Å². The third kappa shape index (κ3) is 7.26. The van der Waals surface area contributed by atoms with Crippen LogP contribution in [0.3, 0.4) is 0 Å². The molecule has 1 aliphatic heterocycles. The predicted octanol–water partition coefficient (Wildman–Crippen LogP) is 0.420. The quantitative estimate of drug-likeness (QED) is 0.619. The molecule has 1 saturated heterocycles. The number of rotatable bonds is 0. The molecule has 0 aromatic carbocycles. The highest BCUT2D eigenvalue weighted by atomic mass is 16.5. The minimum Gasteiger partial charge on any atom is -0.380 e. The molecule has 1 N–H and O–H groups in total. The largest absolute Gasteiger partial charge is 0.380 e. The first kappa shape index (κ1) is 11.9. The zero-order valence-corrected chi connectivity index (χ0v) is 8.80. The maximum absolute atomic E-state index is 5.40. The zero-order chi connectivity index (χ0) is 9.90. The Morgan fingerprint density at radius 3 is 2.00 bits per heavy atom. The number of hydrogen-bond acceptors (Lipinski definition) is 4. The molecule has 0 atom stereocenters. The van der Waals surface area contributed by atoms with Gasteiger partial charge in [-0.15, -0.1) is 0 Å². The molecule has 4 heteroatoms. The molecule has 0 saturated carbocycles. The molecule has 0 aliphatic carbocycles. The Morgan fingerprint density at radius 1 is 0.571 bits per heavy atom. The van der Waals surface area contributed by atoms with Gasteiger partial charge in [0, 0.05) is 26.4 Å². The van der Waals surface area contributed by atoms with Crippen molar-refractivity contribution in [2.45, 2.75) is 12.8 Å². The highest BCUT2D eigenvalue weighted by Gasteiger charge is 1.94. The van der Waals surface area contributed by atoms with Crippen molar-refractivity contribution in [3.63, 3.8) is 0 Å². The van der Waals surface area contributed by atoms with Crippen LogP contribution in [0.5, 0.6) is 0 Å². The normalized spacial score (nSPS) is 24.0. The lowest BCUT2D eigenvalue weighted by Crippen LogP contribution is -2.23. The van der Waals surface area contributed by atoms with E-state index in [-0.39, 0.29) is 0 Å². The second-order valence-corrected chi connectivity index (χ2v) is 3.29. The van der Waals surface area contributed by atoms with Crippen LogP contribution in [0.4, 0.5) is 0 Å². The van der Waals surface area contributed by atoms with Gasteiger partial charge in [-0.05, 0) is 19.4 Å². The average Bonchev–Trinajstić information content (AvgIpc) is 2.22. The fourth-order valence-corrected chi connectivity index (χ4v) is 1.26. The van der Waals surface area contributed by atoms with E-state index in [1.54, 1.807) is 0 Å². The predicted molar refractivity (Wildman–Crippen MR) is 54.6 cm³/mol. The van der Waals surface area contributed by atoms with Crippen molar-refractivity contribution in [1.82, 2.24) is 5.32 Å². The van der Waals surface area contributed by atoms with Gasteiger partial charge in [0.25, 0.3) is 0 Å². The third-order valence-corrected chi connectivity index (χ3v) is 2.01. The van der Waals surface area contributed by atoms with E-state index in [2.05, 4.69) is 5.32 Å².